The van der Waals surface area contributed by atoms with E-state index in [0.29, 0.717) is 0 Å². The van der Waals surface area contributed by atoms with Gasteiger partial charge in [-0.2, -0.15) is 0 Å². The van der Waals surface area contributed by atoms with Gasteiger partial charge in [0.2, 0.25) is 0 Å². The number of nitrogens with one attached hydrogen (secondary N) is 2. The van der Waals surface area contributed by atoms with Crippen molar-refractivity contribution in [3.8, 4) is 0 Å². The summed E-state index contributed by atoms with van der Waals surface area (Å²) in [5, 5.41) is 16.1. The zero-order valence-electron chi connectivity index (χ0n) is 13.5. The zero-order chi connectivity index (χ0) is 15.4. The molecular formula is C15H28N4O. The van der Waals surface area contributed by atoms with Crippen molar-refractivity contribution in [2.75, 3.05) is 23.8 Å². The van der Waals surface area contributed by atoms with Crippen molar-refractivity contribution < 1.29 is 5.11 Å². The maximum Gasteiger partial charge on any atom is 0.138 e. The Kier molecular flexibility index (Phi) is 5.34. The van der Waals surface area contributed by atoms with Gasteiger partial charge in [0.1, 0.15) is 17.5 Å². The lowest BCUT2D eigenvalue weighted by molar-refractivity contribution is 0.218. The molecule has 0 aromatic carbocycles. The van der Waals surface area contributed by atoms with Crippen LogP contribution in [0, 0.1) is 0 Å². The molecule has 114 valence electrons. The highest BCUT2D eigenvalue weighted by atomic mass is 16.3. The highest BCUT2D eigenvalue weighted by Crippen LogP contribution is 2.24. The fraction of sp³-hybridized carbons (Fsp3) is 0.733. The molecule has 0 radical (unpaired) electrons. The smallest absolute Gasteiger partial charge is 0.138 e. The first-order valence-electron chi connectivity index (χ1n) is 7.26. The second-order valence-electron chi connectivity index (χ2n) is 6.44. The van der Waals surface area contributed by atoms with Gasteiger partial charge in [-0.1, -0.05) is 27.7 Å². The Hall–Kier alpha value is -1.36. The van der Waals surface area contributed by atoms with Gasteiger partial charge < -0.3 is 15.7 Å². The molecule has 3 N–H and O–H groups in total. The van der Waals surface area contributed by atoms with E-state index in [1.165, 1.54) is 0 Å². The summed E-state index contributed by atoms with van der Waals surface area (Å²) in [6, 6.07) is 1.89. The first kappa shape index (κ1) is 16.7. The number of hydrogen-bond acceptors (Lipinski definition) is 5. The fourth-order valence-electron chi connectivity index (χ4n) is 1.67. The summed E-state index contributed by atoms with van der Waals surface area (Å²) >= 11 is 0. The predicted molar refractivity (Wildman–Crippen MR) is 84.3 cm³/mol. The van der Waals surface area contributed by atoms with Crippen LogP contribution >= 0.6 is 0 Å². The van der Waals surface area contributed by atoms with Crippen LogP contribution in [0.2, 0.25) is 0 Å². The van der Waals surface area contributed by atoms with Gasteiger partial charge in [-0.3, -0.25) is 0 Å². The number of aliphatic hydroxyl groups excluding tert-OH is 1. The van der Waals surface area contributed by atoms with Gasteiger partial charge in [-0.15, -0.1) is 0 Å². The molecule has 0 amide bonds. The summed E-state index contributed by atoms with van der Waals surface area (Å²) < 4.78 is 0. The van der Waals surface area contributed by atoms with Crippen molar-refractivity contribution in [3.63, 3.8) is 0 Å². The summed E-state index contributed by atoms with van der Waals surface area (Å²) in [7, 11) is 0. The van der Waals surface area contributed by atoms with Crippen LogP contribution in [-0.4, -0.2) is 33.8 Å². The van der Waals surface area contributed by atoms with Crippen LogP contribution in [0.3, 0.4) is 0 Å². The average Bonchev–Trinajstić information content (AvgIpc) is 2.37. The molecule has 1 aromatic rings. The molecule has 1 heterocycles. The Morgan fingerprint density at radius 3 is 2.15 bits per heavy atom. The summed E-state index contributed by atoms with van der Waals surface area (Å²) in [6.45, 7) is 13.2. The molecule has 5 nitrogen and oxygen atoms in total. The lowest BCUT2D eigenvalue weighted by Crippen LogP contribution is -2.38. The zero-order valence-corrected chi connectivity index (χ0v) is 13.5. The van der Waals surface area contributed by atoms with Crippen molar-refractivity contribution >= 4 is 11.6 Å². The lowest BCUT2D eigenvalue weighted by Gasteiger charge is -2.29. The molecule has 0 saturated heterocycles. The van der Waals surface area contributed by atoms with Gasteiger partial charge in [0.15, 0.2) is 0 Å². The van der Waals surface area contributed by atoms with E-state index in [1.54, 1.807) is 0 Å². The minimum absolute atomic E-state index is 0.0644. The van der Waals surface area contributed by atoms with E-state index in [-0.39, 0.29) is 17.6 Å². The molecule has 0 spiro atoms. The highest BCUT2D eigenvalue weighted by molar-refractivity contribution is 5.49. The number of aromatic nitrogens is 2. The van der Waals surface area contributed by atoms with E-state index < -0.39 is 0 Å². The van der Waals surface area contributed by atoms with Crippen LogP contribution in [0.15, 0.2) is 6.07 Å². The van der Waals surface area contributed by atoms with E-state index in [4.69, 9.17) is 0 Å². The van der Waals surface area contributed by atoms with Crippen LogP contribution in [0.5, 0.6) is 0 Å². The van der Waals surface area contributed by atoms with Crippen LogP contribution in [0.1, 0.15) is 53.8 Å². The minimum Gasteiger partial charge on any atom is -0.394 e. The third kappa shape index (κ3) is 4.34. The van der Waals surface area contributed by atoms with Gasteiger partial charge in [0.05, 0.1) is 12.1 Å². The van der Waals surface area contributed by atoms with Crippen LogP contribution in [0.25, 0.3) is 0 Å². The quantitative estimate of drug-likeness (QED) is 0.747. The van der Waals surface area contributed by atoms with Gasteiger partial charge >= 0.3 is 0 Å². The Morgan fingerprint density at radius 2 is 1.70 bits per heavy atom. The van der Waals surface area contributed by atoms with Crippen molar-refractivity contribution in [2.45, 2.75) is 58.9 Å². The van der Waals surface area contributed by atoms with Crippen LogP contribution in [-0.2, 0) is 5.41 Å². The maximum absolute atomic E-state index is 9.53. The summed E-state index contributed by atoms with van der Waals surface area (Å²) in [4.78, 5) is 9.15. The average molecular weight is 280 g/mol. The molecule has 20 heavy (non-hydrogen) atoms. The van der Waals surface area contributed by atoms with Crippen molar-refractivity contribution in [1.82, 2.24) is 9.97 Å². The topological polar surface area (TPSA) is 70.1 Å². The van der Waals surface area contributed by atoms with E-state index >= 15 is 0 Å². The molecular weight excluding hydrogens is 252 g/mol. The number of anilines is 2. The number of rotatable bonds is 6. The van der Waals surface area contributed by atoms with E-state index in [0.717, 1.165) is 30.4 Å². The molecule has 5 heteroatoms. The second-order valence-corrected chi connectivity index (χ2v) is 6.44. The molecule has 1 aromatic heterocycles. The summed E-state index contributed by atoms with van der Waals surface area (Å²) in [5.74, 6) is 2.35. The van der Waals surface area contributed by atoms with Crippen molar-refractivity contribution in [1.29, 1.82) is 0 Å². The molecule has 0 aliphatic heterocycles. The van der Waals surface area contributed by atoms with Crippen molar-refractivity contribution in [2.24, 2.45) is 0 Å². The van der Waals surface area contributed by atoms with Crippen molar-refractivity contribution in [3.05, 3.63) is 11.9 Å². The third-order valence-electron chi connectivity index (χ3n) is 3.31. The molecule has 0 aliphatic rings. The normalized spacial score (nSPS) is 14.8. The Morgan fingerprint density at radius 1 is 1.10 bits per heavy atom. The molecule has 1 atom stereocenters. The standard InChI is InChI=1S/C15H28N4O/c1-7-15(6,10-20)19-12-9-11(16-8-2)17-13(18-12)14(3,4)5/h9,20H,7-8,10H2,1-6H3,(H2,16,17,18,19). The van der Waals surface area contributed by atoms with E-state index in [2.05, 4.69) is 41.4 Å². The van der Waals surface area contributed by atoms with Gasteiger partial charge in [0.25, 0.3) is 0 Å². The van der Waals surface area contributed by atoms with E-state index in [1.807, 2.05) is 26.8 Å². The molecule has 0 fully saturated rings. The Balaban J connectivity index is 3.15. The van der Waals surface area contributed by atoms with Crippen LogP contribution < -0.4 is 10.6 Å². The largest absolute Gasteiger partial charge is 0.394 e. The molecule has 0 saturated carbocycles. The second kappa shape index (κ2) is 6.39. The predicted octanol–water partition coefficient (Wildman–Crippen LogP) is 2.78. The Labute approximate surface area is 122 Å². The maximum atomic E-state index is 9.53. The minimum atomic E-state index is -0.368. The summed E-state index contributed by atoms with van der Waals surface area (Å²) in [5.41, 5.74) is -0.489. The lowest BCUT2D eigenvalue weighted by atomic mass is 9.95. The first-order valence-corrected chi connectivity index (χ1v) is 7.26. The molecule has 0 aliphatic carbocycles. The van der Waals surface area contributed by atoms with Gasteiger partial charge in [-0.05, 0) is 20.3 Å². The monoisotopic (exact) mass is 280 g/mol. The van der Waals surface area contributed by atoms with Crippen LogP contribution in [0.4, 0.5) is 11.6 Å². The SMILES string of the molecule is CCNc1cc(NC(C)(CC)CO)nc(C(C)(C)C)n1. The third-order valence-corrected chi connectivity index (χ3v) is 3.31. The fourth-order valence-corrected chi connectivity index (χ4v) is 1.67. The molecule has 1 unspecified atom stereocenters. The molecule has 0 bridgehead atoms. The van der Waals surface area contributed by atoms with Gasteiger partial charge in [-0.25, -0.2) is 9.97 Å². The highest BCUT2D eigenvalue weighted by Gasteiger charge is 2.24. The van der Waals surface area contributed by atoms with Gasteiger partial charge in [0, 0.05) is 18.0 Å². The number of aliphatic hydroxyl groups is 1. The van der Waals surface area contributed by atoms with E-state index in [9.17, 15) is 5.11 Å². The number of hydrogen-bond donors (Lipinski definition) is 3. The number of nitrogens with zero attached hydrogens (tertiary/aromatic N) is 2. The molecule has 1 rings (SSSR count). The Bertz CT molecular complexity index is 436. The summed E-state index contributed by atoms with van der Waals surface area (Å²) in [6.07, 6.45) is 0.814. The first-order chi connectivity index (χ1) is 9.24.